The molecule has 0 bridgehead atoms. The van der Waals surface area contributed by atoms with Crippen LogP contribution in [-0.2, 0) is 32.0 Å². The topological polar surface area (TPSA) is 297 Å². The second-order valence-corrected chi connectivity index (χ2v) is 11.1. The fourth-order valence-corrected chi connectivity index (χ4v) is 5.64. The normalized spacial score (nSPS) is 37.7. The number of ether oxygens (including phenoxy) is 2. The summed E-state index contributed by atoms with van der Waals surface area (Å²) in [6.45, 7) is -2.77. The number of rotatable bonds is 10. The first kappa shape index (κ1) is 30.2. The van der Waals surface area contributed by atoms with E-state index in [0.29, 0.717) is 0 Å². The molecule has 0 spiro atoms. The lowest BCUT2D eigenvalue weighted by Crippen LogP contribution is -2.59. The molecule has 3 heterocycles. The number of phosphoric ester groups is 2. The maximum Gasteiger partial charge on any atom is 0.481 e. The number of hydrogen-bond donors (Lipinski definition) is 9. The lowest BCUT2D eigenvalue weighted by Gasteiger charge is -2.39. The number of nitrogens with zero attached hydrogens (tertiary/aromatic N) is 1. The van der Waals surface area contributed by atoms with Gasteiger partial charge in [-0.3, -0.25) is 23.4 Å². The first-order valence-corrected chi connectivity index (χ1v) is 13.4. The monoisotopic (exact) mass is 580 g/mol. The van der Waals surface area contributed by atoms with Crippen molar-refractivity contribution in [3.63, 3.8) is 0 Å². The number of aliphatic hydroxyl groups excluding tert-OH is 6. The number of phosphoric acid groups is 2. The minimum atomic E-state index is -5.41. The predicted molar refractivity (Wildman–Crippen MR) is 114 cm³/mol. The molecule has 11 atom stereocenters. The summed E-state index contributed by atoms with van der Waals surface area (Å²) in [5, 5.41) is 58.8. The van der Waals surface area contributed by atoms with Crippen LogP contribution in [0.1, 0.15) is 6.23 Å². The minimum Gasteiger partial charge on any atom is -0.394 e. The molecule has 0 amide bonds. The van der Waals surface area contributed by atoms with E-state index in [2.05, 4.69) is 13.4 Å². The smallest absolute Gasteiger partial charge is 0.394 e. The van der Waals surface area contributed by atoms with Crippen LogP contribution in [0.2, 0.25) is 0 Å². The quantitative estimate of drug-likeness (QED) is 0.117. The highest BCUT2D eigenvalue weighted by atomic mass is 31.3. The van der Waals surface area contributed by atoms with Gasteiger partial charge in [-0.05, 0) is 0 Å². The highest BCUT2D eigenvalue weighted by Crippen LogP contribution is 2.60. The van der Waals surface area contributed by atoms with Crippen molar-refractivity contribution in [2.24, 2.45) is 0 Å². The number of hydrogen-bond acceptors (Lipinski definition) is 15. The summed E-state index contributed by atoms with van der Waals surface area (Å²) in [5.74, 6) is 0. The summed E-state index contributed by atoms with van der Waals surface area (Å²) in [7, 11) is -10.8. The van der Waals surface area contributed by atoms with Gasteiger partial charge in [-0.25, -0.2) is 13.9 Å². The Labute approximate surface area is 206 Å². The Bertz CT molecular complexity index is 1140. The summed E-state index contributed by atoms with van der Waals surface area (Å²) in [5.41, 5.74) is -1.73. The van der Waals surface area contributed by atoms with Gasteiger partial charge in [0.2, 0.25) is 0 Å². The Balaban J connectivity index is 1.56. The van der Waals surface area contributed by atoms with Crippen LogP contribution in [0, 0.1) is 0 Å². The van der Waals surface area contributed by atoms with Crippen molar-refractivity contribution >= 4 is 15.6 Å². The summed E-state index contributed by atoms with van der Waals surface area (Å²) in [6.07, 6.45) is -13.9. The van der Waals surface area contributed by atoms with Crippen molar-refractivity contribution < 1.29 is 72.4 Å². The fourth-order valence-electron chi connectivity index (χ4n) is 3.55. The Morgan fingerprint density at radius 3 is 1.89 bits per heavy atom. The molecule has 1 aromatic heterocycles. The molecular weight excluding hydrogens is 554 g/mol. The average Bonchev–Trinajstić information content (AvgIpc) is 3.09. The van der Waals surface area contributed by atoms with Crippen LogP contribution in [0.25, 0.3) is 0 Å². The first-order valence-electron chi connectivity index (χ1n) is 10.5. The van der Waals surface area contributed by atoms with Gasteiger partial charge in [0.05, 0.1) is 19.8 Å². The Kier molecular flexibility index (Phi) is 9.61. The van der Waals surface area contributed by atoms with E-state index in [-0.39, 0.29) is 0 Å². The zero-order valence-electron chi connectivity index (χ0n) is 18.6. The zero-order valence-corrected chi connectivity index (χ0v) is 20.4. The summed E-state index contributed by atoms with van der Waals surface area (Å²) in [4.78, 5) is 44.5. The van der Waals surface area contributed by atoms with Gasteiger partial charge < -0.3 is 49.9 Å². The van der Waals surface area contributed by atoms with Gasteiger partial charge >= 0.3 is 21.3 Å². The molecule has 3 rings (SSSR count). The van der Waals surface area contributed by atoms with E-state index in [1.807, 2.05) is 4.98 Å². The predicted octanol–water partition coefficient (Wildman–Crippen LogP) is -4.75. The van der Waals surface area contributed by atoms with Crippen molar-refractivity contribution in [1.82, 2.24) is 9.55 Å². The third-order valence-corrected chi connectivity index (χ3v) is 8.07. The number of aliphatic hydroxyl groups is 6. The molecule has 2 aliphatic heterocycles. The van der Waals surface area contributed by atoms with Crippen LogP contribution in [0.4, 0.5) is 0 Å². The molecule has 37 heavy (non-hydrogen) atoms. The zero-order chi connectivity index (χ0) is 27.7. The van der Waals surface area contributed by atoms with Gasteiger partial charge in [0.25, 0.3) is 5.56 Å². The van der Waals surface area contributed by atoms with Crippen molar-refractivity contribution in [2.75, 3.05) is 19.8 Å². The molecule has 9 N–H and O–H groups in total. The lowest BCUT2D eigenvalue weighted by molar-refractivity contribution is -0.234. The lowest BCUT2D eigenvalue weighted by atomic mass is 9.95. The standard InChI is InChI=1S/C16H26N2O17P2/c19-3-6-10(21)13(24)11(22)7(33-6)4-31-36(27,28)35-37(29,30)32-5-8-12(23)14(25)15(34-8)18-2-1-9(20)17-16(18)26/h1-2,6-8,10-15,19,21-25H,3-5H2,(H,27,28)(H,29,30)(H,17,20,26)/t6?,7-,8-,10+,11?,12?,13+,14+,15-/m1/s1. The molecule has 5 unspecified atom stereocenters. The first-order chi connectivity index (χ1) is 17.2. The van der Waals surface area contributed by atoms with Gasteiger partial charge in [-0.1, -0.05) is 0 Å². The second kappa shape index (κ2) is 11.8. The molecule has 1 aromatic rings. The average molecular weight is 580 g/mol. The number of nitrogens with one attached hydrogen (secondary N) is 1. The maximum absolute atomic E-state index is 12.1. The molecule has 0 radical (unpaired) electrons. The van der Waals surface area contributed by atoms with Gasteiger partial charge in [-0.15, -0.1) is 0 Å². The Hall–Kier alpha value is -1.38. The minimum absolute atomic E-state index is 0.735. The van der Waals surface area contributed by atoms with E-state index < -0.39 is 102 Å². The molecule has 212 valence electrons. The molecule has 2 fully saturated rings. The van der Waals surface area contributed by atoms with Crippen molar-refractivity contribution in [3.8, 4) is 0 Å². The van der Waals surface area contributed by atoms with Crippen LogP contribution in [0.5, 0.6) is 0 Å². The molecule has 21 heteroatoms. The van der Waals surface area contributed by atoms with Gasteiger partial charge in [0.1, 0.15) is 48.8 Å². The number of H-pyrrole nitrogens is 1. The Morgan fingerprint density at radius 2 is 1.35 bits per heavy atom. The van der Waals surface area contributed by atoms with Crippen LogP contribution in [-0.4, -0.2) is 119 Å². The molecule has 0 aromatic carbocycles. The van der Waals surface area contributed by atoms with Crippen molar-refractivity contribution in [2.45, 2.75) is 55.1 Å². The molecule has 0 saturated carbocycles. The van der Waals surface area contributed by atoms with E-state index >= 15 is 0 Å². The second-order valence-electron chi connectivity index (χ2n) is 8.04. The largest absolute Gasteiger partial charge is 0.481 e. The highest BCUT2D eigenvalue weighted by Gasteiger charge is 2.47. The Morgan fingerprint density at radius 1 is 0.838 bits per heavy atom. The number of aromatic nitrogens is 2. The number of aromatic amines is 1. The van der Waals surface area contributed by atoms with Crippen LogP contribution in [0.15, 0.2) is 21.9 Å². The highest BCUT2D eigenvalue weighted by molar-refractivity contribution is 7.61. The molecule has 2 saturated heterocycles. The van der Waals surface area contributed by atoms with E-state index in [4.69, 9.17) is 14.6 Å². The summed E-state index contributed by atoms with van der Waals surface area (Å²) < 4.78 is 48.4. The van der Waals surface area contributed by atoms with E-state index in [0.717, 1.165) is 16.8 Å². The van der Waals surface area contributed by atoms with E-state index in [1.165, 1.54) is 0 Å². The molecule has 0 aliphatic carbocycles. The van der Waals surface area contributed by atoms with Crippen LogP contribution >= 0.6 is 15.6 Å². The van der Waals surface area contributed by atoms with Gasteiger partial charge in [0, 0.05) is 12.3 Å². The van der Waals surface area contributed by atoms with Crippen molar-refractivity contribution in [3.05, 3.63) is 33.1 Å². The van der Waals surface area contributed by atoms with E-state index in [1.54, 1.807) is 0 Å². The van der Waals surface area contributed by atoms with E-state index in [9.17, 15) is 54.0 Å². The fraction of sp³-hybridized carbons (Fsp3) is 0.750. The SMILES string of the molecule is O=c1ccn([C@@H]2O[C@H](COP(=O)(O)OP(=O)(O)OC[C@H]3OC(CO)[C@H](O)[C@H](O)C3O)C(O)[C@@H]2O)c(=O)[nH]1. The van der Waals surface area contributed by atoms with Crippen LogP contribution < -0.4 is 11.2 Å². The summed E-state index contributed by atoms with van der Waals surface area (Å²) >= 11 is 0. The third-order valence-electron chi connectivity index (χ3n) is 5.46. The van der Waals surface area contributed by atoms with Gasteiger partial charge in [-0.2, -0.15) is 4.31 Å². The maximum atomic E-state index is 12.1. The summed E-state index contributed by atoms with van der Waals surface area (Å²) in [6, 6.07) is 0.937. The van der Waals surface area contributed by atoms with Gasteiger partial charge in [0.15, 0.2) is 6.23 Å². The molecular formula is C16H26N2O17P2. The third kappa shape index (κ3) is 7.18. The molecule has 19 nitrogen and oxygen atoms in total. The van der Waals surface area contributed by atoms with Crippen LogP contribution in [0.3, 0.4) is 0 Å². The van der Waals surface area contributed by atoms with Crippen molar-refractivity contribution in [1.29, 1.82) is 0 Å². The molecule has 2 aliphatic rings.